The molecule has 0 saturated carbocycles. The smallest absolute Gasteiger partial charge is 0.387 e. The van der Waals surface area contributed by atoms with Crippen LogP contribution in [0.2, 0.25) is 0 Å². The third-order valence-electron chi connectivity index (χ3n) is 4.97. The summed E-state index contributed by atoms with van der Waals surface area (Å²) in [7, 11) is 1.48. The van der Waals surface area contributed by atoms with Crippen LogP contribution in [0.1, 0.15) is 21.5 Å². The van der Waals surface area contributed by atoms with Crippen molar-refractivity contribution in [3.63, 3.8) is 0 Å². The summed E-state index contributed by atoms with van der Waals surface area (Å²) < 4.78 is 36.7. The lowest BCUT2D eigenvalue weighted by molar-refractivity contribution is -0.107. The van der Waals surface area contributed by atoms with E-state index in [4.69, 9.17) is 9.47 Å². The van der Waals surface area contributed by atoms with Crippen LogP contribution in [0, 0.1) is 0 Å². The SMILES string of the molecule is COc1c2c(c(OC(F)F)c3ccccc13)C(=O)N(c1ccc(CC=O)cc1)C2. The first kappa shape index (κ1) is 18.9. The van der Waals surface area contributed by atoms with Gasteiger partial charge in [0, 0.05) is 28.4 Å². The first-order valence-corrected chi connectivity index (χ1v) is 8.96. The maximum atomic E-state index is 13.2. The van der Waals surface area contributed by atoms with Gasteiger partial charge in [0.05, 0.1) is 19.2 Å². The number of hydrogen-bond donors (Lipinski definition) is 0. The average molecular weight is 397 g/mol. The molecule has 7 heteroatoms. The maximum absolute atomic E-state index is 13.2. The van der Waals surface area contributed by atoms with E-state index in [0.717, 1.165) is 11.8 Å². The van der Waals surface area contributed by atoms with Gasteiger partial charge >= 0.3 is 6.61 Å². The van der Waals surface area contributed by atoms with Crippen LogP contribution in [0.15, 0.2) is 48.5 Å². The zero-order valence-corrected chi connectivity index (χ0v) is 15.5. The monoisotopic (exact) mass is 397 g/mol. The highest BCUT2D eigenvalue weighted by Crippen LogP contribution is 2.46. The van der Waals surface area contributed by atoms with Gasteiger partial charge in [-0.3, -0.25) is 4.79 Å². The number of carbonyl (C=O) groups is 2. The Morgan fingerprint density at radius 3 is 2.31 bits per heavy atom. The zero-order chi connectivity index (χ0) is 20.5. The largest absolute Gasteiger partial charge is 0.496 e. The summed E-state index contributed by atoms with van der Waals surface area (Å²) >= 11 is 0. The van der Waals surface area contributed by atoms with Gasteiger partial charge in [-0.15, -0.1) is 0 Å². The highest BCUT2D eigenvalue weighted by atomic mass is 19.3. The Labute approximate surface area is 165 Å². The second-order valence-electron chi connectivity index (χ2n) is 6.57. The molecule has 1 heterocycles. The number of anilines is 1. The topological polar surface area (TPSA) is 55.8 Å². The van der Waals surface area contributed by atoms with E-state index >= 15 is 0 Å². The Bertz CT molecular complexity index is 1100. The molecule has 4 rings (SSSR count). The predicted molar refractivity (Wildman–Crippen MR) is 104 cm³/mol. The molecule has 0 spiro atoms. The van der Waals surface area contributed by atoms with Gasteiger partial charge in [-0.25, -0.2) is 0 Å². The summed E-state index contributed by atoms with van der Waals surface area (Å²) in [6.07, 6.45) is 1.08. The van der Waals surface area contributed by atoms with E-state index < -0.39 is 12.5 Å². The number of nitrogens with zero attached hydrogens (tertiary/aromatic N) is 1. The van der Waals surface area contributed by atoms with Gasteiger partial charge in [-0.2, -0.15) is 8.78 Å². The minimum Gasteiger partial charge on any atom is -0.496 e. The van der Waals surface area contributed by atoms with Gasteiger partial charge in [-0.1, -0.05) is 36.4 Å². The van der Waals surface area contributed by atoms with E-state index in [9.17, 15) is 18.4 Å². The lowest BCUT2D eigenvalue weighted by atomic mass is 9.99. The number of carbonyl (C=O) groups excluding carboxylic acids is 2. The lowest BCUT2D eigenvalue weighted by Gasteiger charge is -2.16. The molecular weight excluding hydrogens is 380 g/mol. The third kappa shape index (κ3) is 3.18. The van der Waals surface area contributed by atoms with Crippen molar-refractivity contribution in [3.8, 4) is 11.5 Å². The van der Waals surface area contributed by atoms with Crippen molar-refractivity contribution in [1.82, 2.24) is 0 Å². The third-order valence-corrected chi connectivity index (χ3v) is 4.97. The summed E-state index contributed by atoms with van der Waals surface area (Å²) in [4.78, 5) is 25.4. The molecule has 0 bridgehead atoms. The molecule has 0 fully saturated rings. The summed E-state index contributed by atoms with van der Waals surface area (Å²) in [6, 6.07) is 13.8. The van der Waals surface area contributed by atoms with E-state index in [1.807, 2.05) is 0 Å². The Morgan fingerprint density at radius 2 is 1.72 bits per heavy atom. The summed E-state index contributed by atoms with van der Waals surface area (Å²) in [6.45, 7) is -2.91. The molecule has 29 heavy (non-hydrogen) atoms. The minimum atomic E-state index is -3.07. The van der Waals surface area contributed by atoms with Crippen LogP contribution < -0.4 is 14.4 Å². The van der Waals surface area contributed by atoms with Crippen molar-refractivity contribution in [1.29, 1.82) is 0 Å². The van der Waals surface area contributed by atoms with Crippen molar-refractivity contribution in [3.05, 3.63) is 65.2 Å². The van der Waals surface area contributed by atoms with Crippen LogP contribution in [0.25, 0.3) is 10.8 Å². The molecule has 3 aromatic carbocycles. The molecule has 1 aliphatic rings. The van der Waals surface area contributed by atoms with Crippen molar-refractivity contribution in [2.45, 2.75) is 19.6 Å². The highest BCUT2D eigenvalue weighted by molar-refractivity contribution is 6.16. The van der Waals surface area contributed by atoms with Crippen LogP contribution in [0.5, 0.6) is 11.5 Å². The van der Waals surface area contributed by atoms with E-state index in [1.165, 1.54) is 12.0 Å². The minimum absolute atomic E-state index is 0.0813. The molecule has 1 aliphatic heterocycles. The van der Waals surface area contributed by atoms with Crippen molar-refractivity contribution < 1.29 is 27.8 Å². The molecule has 148 valence electrons. The second-order valence-corrected chi connectivity index (χ2v) is 6.57. The van der Waals surface area contributed by atoms with E-state index in [1.54, 1.807) is 48.5 Å². The zero-order valence-electron chi connectivity index (χ0n) is 15.5. The quantitative estimate of drug-likeness (QED) is 0.581. The number of aldehydes is 1. The number of amides is 1. The van der Waals surface area contributed by atoms with Crippen molar-refractivity contribution in [2.24, 2.45) is 0 Å². The molecule has 0 N–H and O–H groups in total. The summed E-state index contributed by atoms with van der Waals surface area (Å²) in [5.41, 5.74) is 1.99. The molecule has 0 unspecified atom stereocenters. The summed E-state index contributed by atoms with van der Waals surface area (Å²) in [5, 5.41) is 0.986. The number of hydrogen-bond acceptors (Lipinski definition) is 4. The number of fused-ring (bicyclic) bond motifs is 2. The van der Waals surface area contributed by atoms with Crippen LogP contribution in [0.3, 0.4) is 0 Å². The Morgan fingerprint density at radius 1 is 1.07 bits per heavy atom. The number of halogens is 2. The Balaban J connectivity index is 1.87. The molecule has 1 amide bonds. The normalized spacial score (nSPS) is 13.1. The molecular formula is C22H17F2NO4. The fourth-order valence-corrected chi connectivity index (χ4v) is 3.73. The lowest BCUT2D eigenvalue weighted by Crippen LogP contribution is -2.23. The number of alkyl halides is 2. The van der Waals surface area contributed by atoms with Crippen LogP contribution >= 0.6 is 0 Å². The average Bonchev–Trinajstić information content (AvgIpc) is 3.06. The van der Waals surface area contributed by atoms with Crippen molar-refractivity contribution >= 4 is 28.7 Å². The second kappa shape index (κ2) is 7.50. The van der Waals surface area contributed by atoms with E-state index in [0.29, 0.717) is 27.8 Å². The predicted octanol–water partition coefficient (Wildman–Crippen LogP) is 4.35. The first-order chi connectivity index (χ1) is 14.0. The molecule has 0 saturated heterocycles. The molecule has 0 atom stereocenters. The number of methoxy groups -OCH3 is 1. The van der Waals surface area contributed by atoms with E-state index in [-0.39, 0.29) is 24.3 Å². The number of ether oxygens (including phenoxy) is 2. The molecule has 0 radical (unpaired) electrons. The van der Waals surface area contributed by atoms with Gasteiger partial charge < -0.3 is 19.2 Å². The maximum Gasteiger partial charge on any atom is 0.387 e. The molecule has 0 aromatic heterocycles. The van der Waals surface area contributed by atoms with E-state index in [2.05, 4.69) is 0 Å². The van der Waals surface area contributed by atoms with Gasteiger partial charge in [-0.05, 0) is 17.7 Å². The van der Waals surface area contributed by atoms with Gasteiger partial charge in [0.15, 0.2) is 0 Å². The number of rotatable bonds is 6. The van der Waals surface area contributed by atoms with Crippen LogP contribution in [-0.2, 0) is 17.8 Å². The molecule has 0 aliphatic carbocycles. The van der Waals surface area contributed by atoms with Crippen molar-refractivity contribution in [2.75, 3.05) is 12.0 Å². The fourth-order valence-electron chi connectivity index (χ4n) is 3.73. The van der Waals surface area contributed by atoms with Crippen LogP contribution in [-0.4, -0.2) is 25.9 Å². The standard InChI is InChI=1S/C22H17F2NO4/c1-28-19-15-4-2-3-5-16(15)20(29-22(23)24)18-17(19)12-25(21(18)27)14-8-6-13(7-9-14)10-11-26/h2-9,11,22H,10,12H2,1H3. The Hall–Kier alpha value is -3.48. The Kier molecular flexibility index (Phi) is 4.88. The fraction of sp³-hybridized carbons (Fsp3) is 0.182. The highest BCUT2D eigenvalue weighted by Gasteiger charge is 2.37. The molecule has 3 aromatic rings. The van der Waals surface area contributed by atoms with Gasteiger partial charge in [0.2, 0.25) is 0 Å². The first-order valence-electron chi connectivity index (χ1n) is 8.96. The summed E-state index contributed by atoms with van der Waals surface area (Å²) in [5.74, 6) is -0.120. The van der Waals surface area contributed by atoms with Gasteiger partial charge in [0.25, 0.3) is 5.91 Å². The number of benzene rings is 3. The molecule has 5 nitrogen and oxygen atoms in total. The van der Waals surface area contributed by atoms with Gasteiger partial charge in [0.1, 0.15) is 17.8 Å². The van der Waals surface area contributed by atoms with Crippen LogP contribution in [0.4, 0.5) is 14.5 Å².